The van der Waals surface area contributed by atoms with E-state index in [4.69, 9.17) is 4.74 Å². The number of amides is 1. The fourth-order valence-corrected chi connectivity index (χ4v) is 2.39. The molecule has 0 saturated heterocycles. The van der Waals surface area contributed by atoms with Crippen molar-refractivity contribution in [3.8, 4) is 0 Å². The van der Waals surface area contributed by atoms with E-state index < -0.39 is 0 Å². The lowest BCUT2D eigenvalue weighted by Crippen LogP contribution is -2.11. The first kappa shape index (κ1) is 13.1. The molecule has 0 atom stereocenters. The SMILES string of the molecule is COCc1nnc(NC(=O)c2cccc(Br)c2)s1. The van der Waals surface area contributed by atoms with E-state index in [9.17, 15) is 4.79 Å². The van der Waals surface area contributed by atoms with Gasteiger partial charge in [0.25, 0.3) is 5.91 Å². The van der Waals surface area contributed by atoms with Gasteiger partial charge >= 0.3 is 0 Å². The van der Waals surface area contributed by atoms with Gasteiger partial charge in [-0.25, -0.2) is 0 Å². The van der Waals surface area contributed by atoms with Gasteiger partial charge in [-0.15, -0.1) is 10.2 Å². The summed E-state index contributed by atoms with van der Waals surface area (Å²) >= 11 is 4.61. The van der Waals surface area contributed by atoms with E-state index in [2.05, 4.69) is 31.4 Å². The van der Waals surface area contributed by atoms with Crippen LogP contribution < -0.4 is 5.32 Å². The molecule has 0 radical (unpaired) electrons. The number of hydrogen-bond acceptors (Lipinski definition) is 5. The molecule has 0 aliphatic rings. The Hall–Kier alpha value is -1.31. The quantitative estimate of drug-likeness (QED) is 0.937. The number of methoxy groups -OCH3 is 1. The van der Waals surface area contributed by atoms with E-state index in [0.29, 0.717) is 17.3 Å². The van der Waals surface area contributed by atoms with Crippen molar-refractivity contribution in [2.75, 3.05) is 12.4 Å². The van der Waals surface area contributed by atoms with Crippen molar-refractivity contribution in [2.45, 2.75) is 6.61 Å². The highest BCUT2D eigenvalue weighted by atomic mass is 79.9. The highest BCUT2D eigenvalue weighted by Crippen LogP contribution is 2.18. The molecule has 1 N–H and O–H groups in total. The molecular formula is C11H10BrN3O2S. The summed E-state index contributed by atoms with van der Waals surface area (Å²) in [4.78, 5) is 11.9. The Bertz CT molecular complexity index is 559. The Balaban J connectivity index is 2.06. The highest BCUT2D eigenvalue weighted by Gasteiger charge is 2.10. The summed E-state index contributed by atoms with van der Waals surface area (Å²) in [5.74, 6) is -0.212. The van der Waals surface area contributed by atoms with Gasteiger partial charge in [-0.3, -0.25) is 10.1 Å². The second kappa shape index (κ2) is 6.03. The Labute approximate surface area is 116 Å². The molecule has 0 fully saturated rings. The highest BCUT2D eigenvalue weighted by molar-refractivity contribution is 9.10. The van der Waals surface area contributed by atoms with Crippen LogP contribution in [0.25, 0.3) is 0 Å². The zero-order chi connectivity index (χ0) is 13.0. The van der Waals surface area contributed by atoms with Crippen LogP contribution in [-0.2, 0) is 11.3 Å². The summed E-state index contributed by atoms with van der Waals surface area (Å²) < 4.78 is 5.79. The molecule has 5 nitrogen and oxygen atoms in total. The molecule has 0 bridgehead atoms. The van der Waals surface area contributed by atoms with Gasteiger partial charge in [0.2, 0.25) is 5.13 Å². The van der Waals surface area contributed by atoms with Crippen LogP contribution in [0, 0.1) is 0 Å². The molecule has 1 aromatic heterocycles. The third-order valence-electron chi connectivity index (χ3n) is 2.04. The van der Waals surface area contributed by atoms with Crippen molar-refractivity contribution in [1.82, 2.24) is 10.2 Å². The Morgan fingerprint density at radius 2 is 2.33 bits per heavy atom. The van der Waals surface area contributed by atoms with Crippen LogP contribution in [0.4, 0.5) is 5.13 Å². The van der Waals surface area contributed by atoms with Gasteiger partial charge in [0.15, 0.2) is 0 Å². The lowest BCUT2D eigenvalue weighted by atomic mass is 10.2. The average Bonchev–Trinajstić information content (AvgIpc) is 2.77. The Morgan fingerprint density at radius 3 is 3.06 bits per heavy atom. The van der Waals surface area contributed by atoms with Gasteiger partial charge in [-0.1, -0.05) is 33.3 Å². The number of aromatic nitrogens is 2. The van der Waals surface area contributed by atoms with Crippen molar-refractivity contribution in [1.29, 1.82) is 0 Å². The van der Waals surface area contributed by atoms with Gasteiger partial charge in [0.05, 0.1) is 0 Å². The predicted molar refractivity (Wildman–Crippen MR) is 72.7 cm³/mol. The van der Waals surface area contributed by atoms with Gasteiger partial charge in [-0.2, -0.15) is 0 Å². The molecule has 1 heterocycles. The maximum Gasteiger partial charge on any atom is 0.257 e. The minimum Gasteiger partial charge on any atom is -0.377 e. The molecule has 0 saturated carbocycles. The second-order valence-electron chi connectivity index (χ2n) is 3.40. The molecule has 94 valence electrons. The van der Waals surface area contributed by atoms with E-state index in [1.807, 2.05) is 6.07 Å². The van der Waals surface area contributed by atoms with Gasteiger partial charge in [0, 0.05) is 17.1 Å². The van der Waals surface area contributed by atoms with Crippen LogP contribution in [0.15, 0.2) is 28.7 Å². The molecule has 18 heavy (non-hydrogen) atoms. The number of halogens is 1. The first-order valence-corrected chi connectivity index (χ1v) is 6.68. The van der Waals surface area contributed by atoms with E-state index >= 15 is 0 Å². The van der Waals surface area contributed by atoms with Crippen LogP contribution >= 0.6 is 27.3 Å². The number of carbonyl (C=O) groups is 1. The molecule has 2 rings (SSSR count). The predicted octanol–water partition coefficient (Wildman–Crippen LogP) is 2.70. The molecule has 0 unspecified atom stereocenters. The standard InChI is InChI=1S/C11H10BrN3O2S/c1-17-6-9-14-15-11(18-9)13-10(16)7-3-2-4-8(12)5-7/h2-5H,6H2,1H3,(H,13,15,16). The van der Waals surface area contributed by atoms with Crippen molar-refractivity contribution in [3.63, 3.8) is 0 Å². The number of benzene rings is 1. The van der Waals surface area contributed by atoms with E-state index in [0.717, 1.165) is 9.48 Å². The minimum atomic E-state index is -0.212. The second-order valence-corrected chi connectivity index (χ2v) is 5.38. The molecule has 0 aliphatic heterocycles. The fourth-order valence-electron chi connectivity index (χ4n) is 1.28. The van der Waals surface area contributed by atoms with Crippen LogP contribution in [0.5, 0.6) is 0 Å². The molecule has 0 aliphatic carbocycles. The smallest absolute Gasteiger partial charge is 0.257 e. The fraction of sp³-hybridized carbons (Fsp3) is 0.182. The minimum absolute atomic E-state index is 0.212. The average molecular weight is 328 g/mol. The summed E-state index contributed by atoms with van der Waals surface area (Å²) in [5.41, 5.74) is 0.563. The summed E-state index contributed by atoms with van der Waals surface area (Å²) in [6.07, 6.45) is 0. The van der Waals surface area contributed by atoms with Crippen molar-refractivity contribution >= 4 is 38.3 Å². The summed E-state index contributed by atoms with van der Waals surface area (Å²) in [6.45, 7) is 0.393. The molecular weight excluding hydrogens is 318 g/mol. The zero-order valence-corrected chi connectivity index (χ0v) is 11.9. The van der Waals surface area contributed by atoms with Crippen LogP contribution in [-0.4, -0.2) is 23.2 Å². The number of carbonyl (C=O) groups excluding carboxylic acids is 1. The first-order valence-electron chi connectivity index (χ1n) is 5.07. The number of nitrogens with zero attached hydrogens (tertiary/aromatic N) is 2. The normalized spacial score (nSPS) is 10.3. The molecule has 1 amide bonds. The van der Waals surface area contributed by atoms with Gasteiger partial charge in [-0.05, 0) is 18.2 Å². The monoisotopic (exact) mass is 327 g/mol. The largest absolute Gasteiger partial charge is 0.377 e. The number of hydrogen-bond donors (Lipinski definition) is 1. The summed E-state index contributed by atoms with van der Waals surface area (Å²) in [6, 6.07) is 7.14. The number of ether oxygens (including phenoxy) is 1. The Kier molecular flexibility index (Phi) is 4.40. The van der Waals surface area contributed by atoms with Crippen LogP contribution in [0.3, 0.4) is 0 Å². The third kappa shape index (κ3) is 3.34. The van der Waals surface area contributed by atoms with E-state index in [1.165, 1.54) is 11.3 Å². The maximum absolute atomic E-state index is 11.9. The summed E-state index contributed by atoms with van der Waals surface area (Å²) in [5, 5.41) is 11.6. The number of rotatable bonds is 4. The third-order valence-corrected chi connectivity index (χ3v) is 3.35. The molecule has 7 heteroatoms. The lowest BCUT2D eigenvalue weighted by Gasteiger charge is -2.01. The van der Waals surface area contributed by atoms with Crippen molar-refractivity contribution in [3.05, 3.63) is 39.3 Å². The van der Waals surface area contributed by atoms with E-state index in [-0.39, 0.29) is 5.91 Å². The number of anilines is 1. The molecule has 0 spiro atoms. The van der Waals surface area contributed by atoms with Crippen LogP contribution in [0.2, 0.25) is 0 Å². The molecule has 1 aromatic carbocycles. The van der Waals surface area contributed by atoms with Gasteiger partial charge < -0.3 is 4.74 Å². The van der Waals surface area contributed by atoms with Crippen molar-refractivity contribution < 1.29 is 9.53 Å². The zero-order valence-electron chi connectivity index (χ0n) is 9.51. The van der Waals surface area contributed by atoms with Crippen molar-refractivity contribution in [2.24, 2.45) is 0 Å². The van der Waals surface area contributed by atoms with E-state index in [1.54, 1.807) is 25.3 Å². The first-order chi connectivity index (χ1) is 8.69. The summed E-state index contributed by atoms with van der Waals surface area (Å²) in [7, 11) is 1.58. The Morgan fingerprint density at radius 1 is 1.50 bits per heavy atom. The van der Waals surface area contributed by atoms with Crippen LogP contribution in [0.1, 0.15) is 15.4 Å². The topological polar surface area (TPSA) is 64.1 Å². The maximum atomic E-state index is 11.9. The molecule has 2 aromatic rings. The number of nitrogens with one attached hydrogen (secondary N) is 1. The van der Waals surface area contributed by atoms with Gasteiger partial charge in [0.1, 0.15) is 11.6 Å². The lowest BCUT2D eigenvalue weighted by molar-refractivity contribution is 0.102.